The lowest BCUT2D eigenvalue weighted by molar-refractivity contribution is -0.331. The minimum atomic E-state index is -5.70. The van der Waals surface area contributed by atoms with E-state index in [1.807, 2.05) is 0 Å². The molecule has 10 heteroatoms. The third-order valence-electron chi connectivity index (χ3n) is 1.25. The third kappa shape index (κ3) is 6.52. The van der Waals surface area contributed by atoms with Gasteiger partial charge in [0.05, 0.1) is 0 Å². The molecule has 1 N–H and O–H groups in total. The molecule has 0 aromatic heterocycles. The Balaban J connectivity index is 4.52. The first kappa shape index (κ1) is 16.8. The molecule has 0 aliphatic heterocycles. The highest BCUT2D eigenvalue weighted by molar-refractivity contribution is 5.66. The second-order valence-corrected chi connectivity index (χ2v) is 4.19. The van der Waals surface area contributed by atoms with E-state index in [1.165, 1.54) is 20.8 Å². The summed E-state index contributed by atoms with van der Waals surface area (Å²) in [6, 6.07) is 0. The number of halogens is 6. The van der Waals surface area contributed by atoms with Crippen molar-refractivity contribution >= 4 is 6.09 Å². The molecule has 108 valence electrons. The lowest BCUT2D eigenvalue weighted by Gasteiger charge is -2.24. The van der Waals surface area contributed by atoms with Gasteiger partial charge in [0.25, 0.3) is 6.10 Å². The van der Waals surface area contributed by atoms with Crippen LogP contribution >= 0.6 is 0 Å². The Labute approximate surface area is 98.2 Å². The molecule has 0 aromatic rings. The zero-order valence-electron chi connectivity index (χ0n) is 9.57. The van der Waals surface area contributed by atoms with E-state index in [4.69, 9.17) is 0 Å². The summed E-state index contributed by atoms with van der Waals surface area (Å²) in [4.78, 5) is 14.1. The van der Waals surface area contributed by atoms with Gasteiger partial charge in [-0.15, -0.1) is 0 Å². The number of alkyl halides is 6. The molecule has 0 aromatic carbocycles. The van der Waals surface area contributed by atoms with Crippen molar-refractivity contribution in [2.24, 2.45) is 0 Å². The van der Waals surface area contributed by atoms with Crippen molar-refractivity contribution in [3.8, 4) is 0 Å². The zero-order valence-corrected chi connectivity index (χ0v) is 9.57. The van der Waals surface area contributed by atoms with Crippen molar-refractivity contribution in [2.45, 2.75) is 44.8 Å². The highest BCUT2D eigenvalue weighted by atomic mass is 19.4. The normalized spacial score (nSPS) is 13.7. The molecule has 0 aliphatic rings. The molecule has 0 saturated carbocycles. The van der Waals surface area contributed by atoms with Gasteiger partial charge in [-0.3, -0.25) is 0 Å². The van der Waals surface area contributed by atoms with Gasteiger partial charge in [-0.25, -0.2) is 9.63 Å². The van der Waals surface area contributed by atoms with E-state index in [9.17, 15) is 31.1 Å². The Morgan fingerprint density at radius 1 is 1.00 bits per heavy atom. The number of carbonyl (C=O) groups is 1. The summed E-state index contributed by atoms with van der Waals surface area (Å²) < 4.78 is 76.2. The molecule has 0 radical (unpaired) electrons. The van der Waals surface area contributed by atoms with Crippen LogP contribution in [-0.4, -0.2) is 30.2 Å². The van der Waals surface area contributed by atoms with E-state index in [0.717, 1.165) is 5.48 Å². The molecule has 0 saturated heterocycles. The highest BCUT2D eigenvalue weighted by Gasteiger charge is 2.59. The lowest BCUT2D eigenvalue weighted by Crippen LogP contribution is -2.48. The lowest BCUT2D eigenvalue weighted by atomic mass is 10.2. The average molecular weight is 283 g/mol. The number of nitrogens with one attached hydrogen (secondary N) is 1. The summed E-state index contributed by atoms with van der Waals surface area (Å²) in [7, 11) is 0. The first-order valence-corrected chi connectivity index (χ1v) is 4.51. The van der Waals surface area contributed by atoms with Gasteiger partial charge >= 0.3 is 18.4 Å². The molecular weight excluding hydrogens is 272 g/mol. The Hall–Kier alpha value is -1.19. The van der Waals surface area contributed by atoms with Crippen LogP contribution in [0.3, 0.4) is 0 Å². The molecule has 1 amide bonds. The third-order valence-corrected chi connectivity index (χ3v) is 1.25. The number of carbonyl (C=O) groups excluding carboxylic acids is 1. The number of hydrogen-bond donors (Lipinski definition) is 1. The van der Waals surface area contributed by atoms with E-state index in [2.05, 4.69) is 9.57 Å². The standard InChI is InChI=1S/C8H11F6NO3/c1-6(2,3)17-5(16)15-18-4(7(9,10)11)8(12,13)14/h4H,1-3H3,(H,15,16). The van der Waals surface area contributed by atoms with Crippen LogP contribution in [0.5, 0.6) is 0 Å². The smallest absolute Gasteiger partial charge is 0.431 e. The van der Waals surface area contributed by atoms with Crippen LogP contribution in [0.25, 0.3) is 0 Å². The van der Waals surface area contributed by atoms with Crippen molar-refractivity contribution in [2.75, 3.05) is 0 Å². The molecule has 0 spiro atoms. The van der Waals surface area contributed by atoms with Crippen LogP contribution in [0.1, 0.15) is 20.8 Å². The highest BCUT2D eigenvalue weighted by Crippen LogP contribution is 2.35. The first-order valence-electron chi connectivity index (χ1n) is 4.51. The van der Waals surface area contributed by atoms with Gasteiger partial charge in [0.1, 0.15) is 5.60 Å². The molecule has 0 fully saturated rings. The van der Waals surface area contributed by atoms with Crippen molar-refractivity contribution in [1.29, 1.82) is 0 Å². The number of hydrogen-bond acceptors (Lipinski definition) is 3. The fraction of sp³-hybridized carbons (Fsp3) is 0.875. The van der Waals surface area contributed by atoms with E-state index < -0.39 is 30.2 Å². The van der Waals surface area contributed by atoms with Crippen molar-refractivity contribution in [3.05, 3.63) is 0 Å². The van der Waals surface area contributed by atoms with E-state index in [-0.39, 0.29) is 0 Å². The Morgan fingerprint density at radius 3 is 1.67 bits per heavy atom. The number of amides is 1. The van der Waals surface area contributed by atoms with Crippen LogP contribution in [-0.2, 0) is 9.57 Å². The van der Waals surface area contributed by atoms with Crippen molar-refractivity contribution in [1.82, 2.24) is 5.48 Å². The van der Waals surface area contributed by atoms with Crippen LogP contribution in [0.2, 0.25) is 0 Å². The second kappa shape index (κ2) is 5.21. The number of rotatable bonds is 2. The van der Waals surface area contributed by atoms with Gasteiger partial charge in [-0.1, -0.05) is 0 Å². The first-order chi connectivity index (χ1) is 7.73. The predicted octanol–water partition coefficient (Wildman–Crippen LogP) is 2.94. The molecule has 4 nitrogen and oxygen atoms in total. The van der Waals surface area contributed by atoms with Gasteiger partial charge in [0, 0.05) is 0 Å². The summed E-state index contributed by atoms with van der Waals surface area (Å²) in [5, 5.41) is 0. The van der Waals surface area contributed by atoms with Gasteiger partial charge in [-0.2, -0.15) is 31.8 Å². The quantitative estimate of drug-likeness (QED) is 0.626. The molecule has 0 bridgehead atoms. The van der Waals surface area contributed by atoms with Gasteiger partial charge in [0.2, 0.25) is 0 Å². The fourth-order valence-corrected chi connectivity index (χ4v) is 0.725. The topological polar surface area (TPSA) is 47.6 Å². The Kier molecular flexibility index (Phi) is 4.86. The van der Waals surface area contributed by atoms with Gasteiger partial charge in [0.15, 0.2) is 0 Å². The summed E-state index contributed by atoms with van der Waals surface area (Å²) >= 11 is 0. The summed E-state index contributed by atoms with van der Waals surface area (Å²) in [6.45, 7) is 4.12. The second-order valence-electron chi connectivity index (χ2n) is 4.19. The van der Waals surface area contributed by atoms with E-state index in [1.54, 1.807) is 0 Å². The Bertz CT molecular complexity index is 279. The average Bonchev–Trinajstić information content (AvgIpc) is 1.93. The molecule has 0 aliphatic carbocycles. The number of ether oxygens (including phenoxy) is 1. The van der Waals surface area contributed by atoms with Crippen molar-refractivity contribution in [3.63, 3.8) is 0 Å². The molecule has 0 heterocycles. The maximum atomic E-state index is 12.0. The van der Waals surface area contributed by atoms with Crippen LogP contribution in [0, 0.1) is 0 Å². The summed E-state index contributed by atoms with van der Waals surface area (Å²) in [5.41, 5.74) is -0.133. The molecule has 0 atom stereocenters. The maximum absolute atomic E-state index is 12.0. The molecular formula is C8H11F6NO3. The minimum Gasteiger partial charge on any atom is -0.442 e. The zero-order chi connectivity index (χ0) is 14.8. The SMILES string of the molecule is CC(C)(C)OC(=O)NOC(C(F)(F)F)C(F)(F)F. The van der Waals surface area contributed by atoms with E-state index in [0.29, 0.717) is 0 Å². The Morgan fingerprint density at radius 2 is 1.39 bits per heavy atom. The van der Waals surface area contributed by atoms with Gasteiger partial charge < -0.3 is 4.74 Å². The monoisotopic (exact) mass is 283 g/mol. The minimum absolute atomic E-state index is 0.951. The largest absolute Gasteiger partial charge is 0.442 e. The van der Waals surface area contributed by atoms with Crippen LogP contribution in [0.4, 0.5) is 31.1 Å². The van der Waals surface area contributed by atoms with Crippen molar-refractivity contribution < 1.29 is 40.7 Å². The fourth-order valence-electron chi connectivity index (χ4n) is 0.725. The molecule has 0 unspecified atom stereocenters. The van der Waals surface area contributed by atoms with Gasteiger partial charge in [-0.05, 0) is 20.8 Å². The van der Waals surface area contributed by atoms with Crippen LogP contribution < -0.4 is 5.48 Å². The predicted molar refractivity (Wildman–Crippen MR) is 46.4 cm³/mol. The molecule has 18 heavy (non-hydrogen) atoms. The van der Waals surface area contributed by atoms with E-state index >= 15 is 0 Å². The van der Waals surface area contributed by atoms with Crippen LogP contribution in [0.15, 0.2) is 0 Å². The maximum Gasteiger partial charge on any atom is 0.431 e. The number of hydroxylamine groups is 1. The summed E-state index contributed by atoms with van der Waals surface area (Å²) in [5.74, 6) is 0. The molecule has 0 rings (SSSR count). The summed E-state index contributed by atoms with van der Waals surface area (Å²) in [6.07, 6.45) is -17.1.